The van der Waals surface area contributed by atoms with Gasteiger partial charge in [0.2, 0.25) is 0 Å². The molecule has 2 rings (SSSR count). The molecule has 1 fully saturated rings. The molecule has 0 saturated heterocycles. The number of esters is 1. The summed E-state index contributed by atoms with van der Waals surface area (Å²) in [6.07, 6.45) is 7.71. The number of carboxylic acid groups (broad SMARTS) is 1. The Labute approximate surface area is 101 Å². The van der Waals surface area contributed by atoms with Crippen molar-refractivity contribution in [2.75, 3.05) is 7.11 Å². The molecule has 2 unspecified atom stereocenters. The molecule has 94 valence electrons. The van der Waals surface area contributed by atoms with E-state index >= 15 is 0 Å². The summed E-state index contributed by atoms with van der Waals surface area (Å²) < 4.78 is 4.89. The van der Waals surface area contributed by atoms with E-state index in [-0.39, 0.29) is 5.97 Å². The van der Waals surface area contributed by atoms with Crippen LogP contribution in [0.1, 0.15) is 38.5 Å². The van der Waals surface area contributed by atoms with Gasteiger partial charge in [0.25, 0.3) is 0 Å². The molecule has 2 atom stereocenters. The molecule has 2 aliphatic rings. The molecule has 0 aliphatic heterocycles. The fourth-order valence-electron chi connectivity index (χ4n) is 3.47. The van der Waals surface area contributed by atoms with E-state index < -0.39 is 16.8 Å². The summed E-state index contributed by atoms with van der Waals surface area (Å²) in [6, 6.07) is 0. The normalized spacial score (nSPS) is 36.1. The average molecular weight is 238 g/mol. The largest absolute Gasteiger partial charge is 0.481 e. The molecule has 4 nitrogen and oxygen atoms in total. The number of carboxylic acids is 1. The van der Waals surface area contributed by atoms with Gasteiger partial charge < -0.3 is 9.84 Å². The highest BCUT2D eigenvalue weighted by molar-refractivity contribution is 5.88. The standard InChI is InChI=1S/C13H18O4/c1-17-11(16)13-8-4-2-6-12(13,10(14)15)7-3-5-9-13/h2,4H,3,5-9H2,1H3,(H,14,15). The van der Waals surface area contributed by atoms with Gasteiger partial charge >= 0.3 is 11.9 Å². The second-order valence-corrected chi connectivity index (χ2v) is 5.05. The Bertz CT molecular complexity index is 374. The predicted octanol–water partition coefficient (Wildman–Crippen LogP) is 2.14. The number of ether oxygens (including phenoxy) is 1. The zero-order valence-electron chi connectivity index (χ0n) is 10.1. The van der Waals surface area contributed by atoms with Gasteiger partial charge in [-0.15, -0.1) is 0 Å². The third-order valence-corrected chi connectivity index (χ3v) is 4.46. The molecule has 1 saturated carbocycles. The molecule has 17 heavy (non-hydrogen) atoms. The summed E-state index contributed by atoms with van der Waals surface area (Å²) in [7, 11) is 1.34. The molecular formula is C13H18O4. The lowest BCUT2D eigenvalue weighted by atomic mass is 9.51. The maximum atomic E-state index is 12.1. The summed E-state index contributed by atoms with van der Waals surface area (Å²) >= 11 is 0. The quantitative estimate of drug-likeness (QED) is 0.591. The van der Waals surface area contributed by atoms with Crippen molar-refractivity contribution in [1.29, 1.82) is 0 Å². The zero-order valence-corrected chi connectivity index (χ0v) is 10.1. The average Bonchev–Trinajstić information content (AvgIpc) is 2.37. The van der Waals surface area contributed by atoms with E-state index in [2.05, 4.69) is 0 Å². The van der Waals surface area contributed by atoms with Crippen LogP contribution in [0.5, 0.6) is 0 Å². The minimum absolute atomic E-state index is 0.357. The minimum Gasteiger partial charge on any atom is -0.481 e. The van der Waals surface area contributed by atoms with Crippen molar-refractivity contribution in [3.8, 4) is 0 Å². The van der Waals surface area contributed by atoms with Crippen molar-refractivity contribution in [3.63, 3.8) is 0 Å². The van der Waals surface area contributed by atoms with Crippen LogP contribution in [0.25, 0.3) is 0 Å². The molecular weight excluding hydrogens is 220 g/mol. The number of carbonyl (C=O) groups is 2. The monoisotopic (exact) mass is 238 g/mol. The number of fused-ring (bicyclic) bond motifs is 1. The van der Waals surface area contributed by atoms with Crippen LogP contribution >= 0.6 is 0 Å². The second kappa shape index (κ2) is 4.17. The molecule has 4 heteroatoms. The van der Waals surface area contributed by atoms with Gasteiger partial charge in [-0.1, -0.05) is 25.0 Å². The van der Waals surface area contributed by atoms with Gasteiger partial charge in [-0.2, -0.15) is 0 Å². The fraction of sp³-hybridized carbons (Fsp3) is 0.692. The van der Waals surface area contributed by atoms with Crippen LogP contribution in [-0.4, -0.2) is 24.2 Å². The number of hydrogen-bond acceptors (Lipinski definition) is 3. The van der Waals surface area contributed by atoms with Crippen LogP contribution in [0.15, 0.2) is 12.2 Å². The summed E-state index contributed by atoms with van der Waals surface area (Å²) in [5.74, 6) is -1.21. The molecule has 0 heterocycles. The smallest absolute Gasteiger partial charge is 0.313 e. The van der Waals surface area contributed by atoms with Gasteiger partial charge in [-0.3, -0.25) is 9.59 Å². The van der Waals surface area contributed by atoms with E-state index in [1.165, 1.54) is 7.11 Å². The second-order valence-electron chi connectivity index (χ2n) is 5.05. The lowest BCUT2D eigenvalue weighted by Crippen LogP contribution is -2.55. The van der Waals surface area contributed by atoms with E-state index in [0.29, 0.717) is 25.7 Å². The van der Waals surface area contributed by atoms with Crippen molar-refractivity contribution in [2.45, 2.75) is 38.5 Å². The first-order valence-electron chi connectivity index (χ1n) is 6.06. The topological polar surface area (TPSA) is 63.6 Å². The highest BCUT2D eigenvalue weighted by atomic mass is 16.5. The zero-order chi connectivity index (χ0) is 12.5. The molecule has 0 amide bonds. The lowest BCUT2D eigenvalue weighted by molar-refractivity contribution is -0.182. The van der Waals surface area contributed by atoms with Gasteiger partial charge in [0.05, 0.1) is 17.9 Å². The number of methoxy groups -OCH3 is 1. The summed E-state index contributed by atoms with van der Waals surface area (Å²) in [5.41, 5.74) is -1.80. The first-order valence-corrected chi connectivity index (χ1v) is 6.06. The Balaban J connectivity index is 2.51. The first-order chi connectivity index (χ1) is 8.09. The molecule has 0 spiro atoms. The Morgan fingerprint density at radius 3 is 2.18 bits per heavy atom. The van der Waals surface area contributed by atoms with Crippen LogP contribution in [-0.2, 0) is 14.3 Å². The maximum Gasteiger partial charge on any atom is 0.313 e. The lowest BCUT2D eigenvalue weighted by Gasteiger charge is -2.50. The molecule has 1 N–H and O–H groups in total. The molecule has 0 aromatic rings. The number of allylic oxidation sites excluding steroid dienone is 2. The third-order valence-electron chi connectivity index (χ3n) is 4.46. The number of rotatable bonds is 2. The van der Waals surface area contributed by atoms with E-state index in [0.717, 1.165) is 12.8 Å². The predicted molar refractivity (Wildman–Crippen MR) is 61.4 cm³/mol. The maximum absolute atomic E-state index is 12.1. The van der Waals surface area contributed by atoms with Crippen LogP contribution < -0.4 is 0 Å². The van der Waals surface area contributed by atoms with E-state index in [9.17, 15) is 14.7 Å². The van der Waals surface area contributed by atoms with Crippen LogP contribution in [0.4, 0.5) is 0 Å². The van der Waals surface area contributed by atoms with Gasteiger partial charge in [-0.25, -0.2) is 0 Å². The number of hydrogen-bond donors (Lipinski definition) is 1. The highest BCUT2D eigenvalue weighted by Gasteiger charge is 2.62. The third kappa shape index (κ3) is 1.50. The Kier molecular flexibility index (Phi) is 2.98. The van der Waals surface area contributed by atoms with Crippen LogP contribution in [0.2, 0.25) is 0 Å². The Hall–Kier alpha value is -1.32. The molecule has 0 bridgehead atoms. The Morgan fingerprint density at radius 2 is 1.65 bits per heavy atom. The number of aliphatic carboxylic acids is 1. The van der Waals surface area contributed by atoms with Crippen molar-refractivity contribution < 1.29 is 19.4 Å². The molecule has 0 radical (unpaired) electrons. The highest BCUT2D eigenvalue weighted by Crippen LogP contribution is 2.58. The van der Waals surface area contributed by atoms with Gasteiger partial charge in [0, 0.05) is 0 Å². The summed E-state index contributed by atoms with van der Waals surface area (Å²) in [5, 5.41) is 9.59. The molecule has 0 aromatic carbocycles. The van der Waals surface area contributed by atoms with Crippen LogP contribution in [0.3, 0.4) is 0 Å². The molecule has 0 aromatic heterocycles. The summed E-state index contributed by atoms with van der Waals surface area (Å²) in [6.45, 7) is 0. The van der Waals surface area contributed by atoms with Crippen LogP contribution in [0, 0.1) is 10.8 Å². The molecule has 2 aliphatic carbocycles. The SMILES string of the molecule is COC(=O)C12CC=CCC1(C(=O)O)CCCC2. The van der Waals surface area contributed by atoms with Gasteiger partial charge in [0.1, 0.15) is 0 Å². The fourth-order valence-corrected chi connectivity index (χ4v) is 3.47. The van der Waals surface area contributed by atoms with Crippen molar-refractivity contribution >= 4 is 11.9 Å². The summed E-state index contributed by atoms with van der Waals surface area (Å²) in [4.78, 5) is 23.8. The van der Waals surface area contributed by atoms with Crippen molar-refractivity contribution in [2.24, 2.45) is 10.8 Å². The van der Waals surface area contributed by atoms with E-state index in [1.54, 1.807) is 0 Å². The number of carbonyl (C=O) groups excluding carboxylic acids is 1. The Morgan fingerprint density at radius 1 is 1.12 bits per heavy atom. The van der Waals surface area contributed by atoms with Crippen molar-refractivity contribution in [3.05, 3.63) is 12.2 Å². The van der Waals surface area contributed by atoms with Crippen molar-refractivity contribution in [1.82, 2.24) is 0 Å². The first kappa shape index (κ1) is 12.1. The van der Waals surface area contributed by atoms with Gasteiger partial charge in [-0.05, 0) is 25.7 Å². The van der Waals surface area contributed by atoms with Gasteiger partial charge in [0.15, 0.2) is 0 Å². The minimum atomic E-state index is -0.951. The van der Waals surface area contributed by atoms with E-state index in [1.807, 2.05) is 12.2 Å². The van der Waals surface area contributed by atoms with E-state index in [4.69, 9.17) is 4.74 Å².